The smallest absolute Gasteiger partial charge is 0.257 e. The Morgan fingerprint density at radius 1 is 1.19 bits per heavy atom. The van der Waals surface area contributed by atoms with Gasteiger partial charge in [-0.15, -0.1) is 0 Å². The Bertz CT molecular complexity index is 769. The highest BCUT2D eigenvalue weighted by Gasteiger charge is 2.29. The number of hydrogen-bond acceptors (Lipinski definition) is 3. The number of hydrogen-bond donors (Lipinski definition) is 0. The third-order valence-corrected chi connectivity index (χ3v) is 5.68. The number of carbonyl (C=O) groups excluding carboxylic acids is 1. The average molecular weight is 373 g/mol. The van der Waals surface area contributed by atoms with Gasteiger partial charge >= 0.3 is 0 Å². The van der Waals surface area contributed by atoms with Gasteiger partial charge in [-0.05, 0) is 56.5 Å². The summed E-state index contributed by atoms with van der Waals surface area (Å²) in [4.78, 5) is 17.4. The minimum absolute atomic E-state index is 0.0828. The molecule has 6 heteroatoms. The van der Waals surface area contributed by atoms with Crippen LogP contribution in [0.5, 0.6) is 0 Å². The second-order valence-corrected chi connectivity index (χ2v) is 7.86. The van der Waals surface area contributed by atoms with E-state index in [0.29, 0.717) is 16.5 Å². The van der Waals surface area contributed by atoms with Crippen LogP contribution < -0.4 is 0 Å². The fraction of sp³-hybridized carbons (Fsp3) is 0.500. The van der Waals surface area contributed by atoms with Crippen molar-refractivity contribution in [2.24, 2.45) is 5.92 Å². The molecule has 4 rings (SSSR count). The Balaban J connectivity index is 1.37. The first-order chi connectivity index (χ1) is 12.7. The molecular formula is C20H25ClN4O. The van der Waals surface area contributed by atoms with Crippen LogP contribution in [0.2, 0.25) is 5.02 Å². The van der Waals surface area contributed by atoms with Gasteiger partial charge in [0.2, 0.25) is 0 Å². The van der Waals surface area contributed by atoms with E-state index >= 15 is 0 Å². The van der Waals surface area contributed by atoms with Gasteiger partial charge in [0.15, 0.2) is 0 Å². The number of piperidine rings is 1. The van der Waals surface area contributed by atoms with Crippen molar-refractivity contribution < 1.29 is 4.79 Å². The summed E-state index contributed by atoms with van der Waals surface area (Å²) in [6.07, 6.45) is 8.55. The molecule has 0 aliphatic carbocycles. The molecule has 2 saturated heterocycles. The summed E-state index contributed by atoms with van der Waals surface area (Å²) in [5.74, 6) is 0.680. The predicted molar refractivity (Wildman–Crippen MR) is 103 cm³/mol. The molecule has 1 atom stereocenters. The predicted octanol–water partition coefficient (Wildman–Crippen LogP) is 3.47. The molecule has 0 spiro atoms. The van der Waals surface area contributed by atoms with E-state index < -0.39 is 0 Å². The van der Waals surface area contributed by atoms with Crippen LogP contribution in [-0.2, 0) is 0 Å². The zero-order valence-electron chi connectivity index (χ0n) is 15.0. The monoisotopic (exact) mass is 372 g/mol. The van der Waals surface area contributed by atoms with E-state index in [0.717, 1.165) is 31.7 Å². The zero-order valence-corrected chi connectivity index (χ0v) is 15.7. The topological polar surface area (TPSA) is 41.4 Å². The van der Waals surface area contributed by atoms with Crippen molar-refractivity contribution in [2.45, 2.75) is 25.7 Å². The van der Waals surface area contributed by atoms with Crippen molar-refractivity contribution in [3.8, 4) is 5.69 Å². The van der Waals surface area contributed by atoms with Crippen LogP contribution in [0.25, 0.3) is 5.69 Å². The molecule has 1 aromatic heterocycles. The van der Waals surface area contributed by atoms with Crippen LogP contribution in [0.15, 0.2) is 36.7 Å². The lowest BCUT2D eigenvalue weighted by atomic mass is 10.1. The molecule has 1 aromatic carbocycles. The van der Waals surface area contributed by atoms with Crippen molar-refractivity contribution in [1.82, 2.24) is 19.6 Å². The molecule has 2 aromatic rings. The summed E-state index contributed by atoms with van der Waals surface area (Å²) in [6.45, 7) is 5.27. The van der Waals surface area contributed by atoms with Gasteiger partial charge in [-0.2, -0.15) is 5.10 Å². The van der Waals surface area contributed by atoms with Crippen LogP contribution >= 0.6 is 11.6 Å². The second-order valence-electron chi connectivity index (χ2n) is 7.42. The fourth-order valence-corrected chi connectivity index (χ4v) is 4.23. The summed E-state index contributed by atoms with van der Waals surface area (Å²) in [5.41, 5.74) is 1.50. The quantitative estimate of drug-likeness (QED) is 0.825. The number of benzene rings is 1. The number of amides is 1. The van der Waals surface area contributed by atoms with E-state index in [1.165, 1.54) is 32.4 Å². The van der Waals surface area contributed by atoms with Crippen LogP contribution in [0.3, 0.4) is 0 Å². The molecule has 3 heterocycles. The molecule has 2 aliphatic rings. The Labute approximate surface area is 159 Å². The molecule has 2 fully saturated rings. The second kappa shape index (κ2) is 7.80. The fourth-order valence-electron chi connectivity index (χ4n) is 4.05. The van der Waals surface area contributed by atoms with Crippen molar-refractivity contribution in [1.29, 1.82) is 0 Å². The Kier molecular flexibility index (Phi) is 5.27. The number of aromatic nitrogens is 2. The number of nitrogens with zero attached hydrogens (tertiary/aromatic N) is 4. The van der Waals surface area contributed by atoms with E-state index in [1.54, 1.807) is 17.1 Å². The molecule has 0 N–H and O–H groups in total. The molecule has 5 nitrogen and oxygen atoms in total. The van der Waals surface area contributed by atoms with E-state index in [-0.39, 0.29) is 5.91 Å². The van der Waals surface area contributed by atoms with Crippen LogP contribution in [0, 0.1) is 5.92 Å². The molecular weight excluding hydrogens is 348 g/mol. The molecule has 2 aliphatic heterocycles. The Hall–Kier alpha value is -1.85. The first-order valence-electron chi connectivity index (χ1n) is 9.51. The molecule has 1 unspecified atom stereocenters. The minimum Gasteiger partial charge on any atom is -0.338 e. The largest absolute Gasteiger partial charge is 0.338 e. The summed E-state index contributed by atoms with van der Waals surface area (Å²) < 4.78 is 1.71. The number of halogens is 1. The number of carbonyl (C=O) groups is 1. The molecule has 0 saturated carbocycles. The molecule has 1 amide bonds. The SMILES string of the molecule is O=C(c1cnn(-c2cccc(Cl)c2)c1)N1CCC(CN2CCCCC2)C1. The lowest BCUT2D eigenvalue weighted by molar-refractivity contribution is 0.0782. The minimum atomic E-state index is 0.0828. The highest BCUT2D eigenvalue weighted by atomic mass is 35.5. The van der Waals surface area contributed by atoms with Gasteiger partial charge in [0.05, 0.1) is 17.4 Å². The zero-order chi connectivity index (χ0) is 17.9. The molecule has 138 valence electrons. The normalized spacial score (nSPS) is 21.3. The number of likely N-dealkylation sites (tertiary alicyclic amines) is 2. The van der Waals surface area contributed by atoms with Gasteiger partial charge in [0.25, 0.3) is 5.91 Å². The number of rotatable bonds is 4. The summed E-state index contributed by atoms with van der Waals surface area (Å²) in [7, 11) is 0. The van der Waals surface area contributed by atoms with Crippen LogP contribution in [-0.4, -0.2) is 58.2 Å². The van der Waals surface area contributed by atoms with E-state index in [4.69, 9.17) is 11.6 Å². The van der Waals surface area contributed by atoms with Crippen molar-refractivity contribution in [2.75, 3.05) is 32.7 Å². The first kappa shape index (κ1) is 17.6. The third-order valence-electron chi connectivity index (χ3n) is 5.44. The van der Waals surface area contributed by atoms with Gasteiger partial charge in [-0.3, -0.25) is 4.79 Å². The highest BCUT2D eigenvalue weighted by molar-refractivity contribution is 6.30. The Morgan fingerprint density at radius 3 is 2.85 bits per heavy atom. The maximum atomic E-state index is 12.8. The van der Waals surface area contributed by atoms with Gasteiger partial charge in [0.1, 0.15) is 0 Å². The summed E-state index contributed by atoms with van der Waals surface area (Å²) in [5, 5.41) is 4.99. The lowest BCUT2D eigenvalue weighted by Crippen LogP contribution is -2.36. The van der Waals surface area contributed by atoms with Gasteiger partial charge in [-0.1, -0.05) is 24.1 Å². The van der Waals surface area contributed by atoms with Gasteiger partial charge < -0.3 is 9.80 Å². The Morgan fingerprint density at radius 2 is 2.04 bits per heavy atom. The first-order valence-corrected chi connectivity index (χ1v) is 9.89. The van der Waals surface area contributed by atoms with E-state index in [1.807, 2.05) is 29.2 Å². The summed E-state index contributed by atoms with van der Waals surface area (Å²) in [6, 6.07) is 7.48. The average Bonchev–Trinajstić information content (AvgIpc) is 3.32. The lowest BCUT2D eigenvalue weighted by Gasteiger charge is -2.28. The molecule has 26 heavy (non-hydrogen) atoms. The van der Waals surface area contributed by atoms with Crippen LogP contribution in [0.1, 0.15) is 36.0 Å². The summed E-state index contributed by atoms with van der Waals surface area (Å²) >= 11 is 6.04. The van der Waals surface area contributed by atoms with Crippen molar-refractivity contribution in [3.63, 3.8) is 0 Å². The van der Waals surface area contributed by atoms with Crippen molar-refractivity contribution >= 4 is 17.5 Å². The molecule has 0 radical (unpaired) electrons. The van der Waals surface area contributed by atoms with Crippen LogP contribution in [0.4, 0.5) is 0 Å². The highest BCUT2D eigenvalue weighted by Crippen LogP contribution is 2.22. The standard InChI is InChI=1S/C20H25ClN4O/c21-18-5-4-6-19(11-18)25-15-17(12-22-25)20(26)24-10-7-16(14-24)13-23-8-2-1-3-9-23/h4-6,11-12,15-16H,1-3,7-10,13-14H2. The van der Waals surface area contributed by atoms with Gasteiger partial charge in [-0.25, -0.2) is 4.68 Å². The van der Waals surface area contributed by atoms with Crippen molar-refractivity contribution in [3.05, 3.63) is 47.2 Å². The maximum absolute atomic E-state index is 12.8. The van der Waals surface area contributed by atoms with E-state index in [9.17, 15) is 4.79 Å². The van der Waals surface area contributed by atoms with E-state index in [2.05, 4.69) is 10.00 Å². The maximum Gasteiger partial charge on any atom is 0.257 e. The molecule has 0 bridgehead atoms. The third kappa shape index (κ3) is 3.94. The van der Waals surface area contributed by atoms with Gasteiger partial charge in [0, 0.05) is 30.9 Å².